The van der Waals surface area contributed by atoms with Crippen molar-refractivity contribution in [1.29, 1.82) is 0 Å². The molecular weight excluding hydrogens is 242 g/mol. The van der Waals surface area contributed by atoms with Crippen molar-refractivity contribution in [1.82, 2.24) is 15.0 Å². The summed E-state index contributed by atoms with van der Waals surface area (Å²) in [5.74, 6) is -0.150. The van der Waals surface area contributed by atoms with Gasteiger partial charge in [0.1, 0.15) is 6.54 Å². The van der Waals surface area contributed by atoms with Crippen LogP contribution < -0.4 is 11.1 Å². The highest BCUT2D eigenvalue weighted by Crippen LogP contribution is 2.14. The fraction of sp³-hybridized carbons (Fsp3) is 0.308. The highest BCUT2D eigenvalue weighted by Gasteiger charge is 2.08. The van der Waals surface area contributed by atoms with Crippen molar-refractivity contribution < 1.29 is 4.79 Å². The van der Waals surface area contributed by atoms with Crippen molar-refractivity contribution in [2.24, 2.45) is 5.73 Å². The lowest BCUT2D eigenvalue weighted by molar-refractivity contribution is -0.117. The molecule has 0 radical (unpaired) electrons. The molecule has 2 rings (SSSR count). The maximum atomic E-state index is 11.9. The predicted octanol–water partition coefficient (Wildman–Crippen LogP) is 0.992. The number of benzene rings is 1. The normalized spacial score (nSPS) is 10.5. The summed E-state index contributed by atoms with van der Waals surface area (Å²) >= 11 is 0. The highest BCUT2D eigenvalue weighted by atomic mass is 16.2. The highest BCUT2D eigenvalue weighted by molar-refractivity contribution is 5.90. The van der Waals surface area contributed by atoms with E-state index in [1.807, 2.05) is 32.0 Å². The fourth-order valence-electron chi connectivity index (χ4n) is 1.73. The van der Waals surface area contributed by atoms with E-state index in [1.54, 1.807) is 6.20 Å². The molecule has 19 heavy (non-hydrogen) atoms. The van der Waals surface area contributed by atoms with Crippen molar-refractivity contribution in [3.63, 3.8) is 0 Å². The maximum absolute atomic E-state index is 11.9. The summed E-state index contributed by atoms with van der Waals surface area (Å²) in [4.78, 5) is 11.9. The average Bonchev–Trinajstić information content (AvgIpc) is 2.81. The van der Waals surface area contributed by atoms with Gasteiger partial charge in [-0.2, -0.15) is 0 Å². The Balaban J connectivity index is 2.03. The van der Waals surface area contributed by atoms with Gasteiger partial charge in [-0.1, -0.05) is 11.3 Å². The second-order valence-electron chi connectivity index (χ2n) is 4.43. The van der Waals surface area contributed by atoms with E-state index in [-0.39, 0.29) is 12.5 Å². The minimum Gasteiger partial charge on any atom is -0.325 e. The molecule has 0 unspecified atom stereocenters. The zero-order chi connectivity index (χ0) is 13.8. The summed E-state index contributed by atoms with van der Waals surface area (Å²) in [5, 5.41) is 10.4. The molecule has 1 amide bonds. The fourth-order valence-corrected chi connectivity index (χ4v) is 1.73. The molecule has 2 aromatic rings. The Morgan fingerprint density at radius 2 is 2.16 bits per heavy atom. The minimum atomic E-state index is -0.150. The predicted molar refractivity (Wildman–Crippen MR) is 72.5 cm³/mol. The van der Waals surface area contributed by atoms with Crippen LogP contribution in [-0.2, 0) is 17.9 Å². The van der Waals surface area contributed by atoms with Gasteiger partial charge in [0.15, 0.2) is 0 Å². The van der Waals surface area contributed by atoms with E-state index in [1.165, 1.54) is 10.2 Å². The number of carbonyl (C=O) groups is 1. The number of aromatic nitrogens is 3. The molecule has 0 fully saturated rings. The van der Waals surface area contributed by atoms with E-state index in [0.717, 1.165) is 16.9 Å². The van der Waals surface area contributed by atoms with Crippen LogP contribution in [0.25, 0.3) is 0 Å². The smallest absolute Gasteiger partial charge is 0.246 e. The molecule has 3 N–H and O–H groups in total. The van der Waals surface area contributed by atoms with Gasteiger partial charge in [0.05, 0.1) is 11.9 Å². The standard InChI is InChI=1S/C13H17N5O/c1-9-3-4-11(5-10(9)2)16-13(19)8-18-12(6-14)7-15-17-18/h3-5,7H,6,8,14H2,1-2H3,(H,16,19). The Kier molecular flexibility index (Phi) is 3.91. The van der Waals surface area contributed by atoms with Crippen LogP contribution in [0.15, 0.2) is 24.4 Å². The Hall–Kier alpha value is -2.21. The molecule has 0 aliphatic rings. The topological polar surface area (TPSA) is 85.8 Å². The van der Waals surface area contributed by atoms with Crippen LogP contribution in [0.5, 0.6) is 0 Å². The third kappa shape index (κ3) is 3.17. The van der Waals surface area contributed by atoms with Crippen molar-refractivity contribution >= 4 is 11.6 Å². The molecule has 0 saturated heterocycles. The van der Waals surface area contributed by atoms with E-state index in [9.17, 15) is 4.79 Å². The van der Waals surface area contributed by atoms with Crippen LogP contribution in [0.3, 0.4) is 0 Å². The second-order valence-corrected chi connectivity index (χ2v) is 4.43. The number of nitrogens with one attached hydrogen (secondary N) is 1. The Morgan fingerprint density at radius 3 is 2.84 bits per heavy atom. The molecule has 1 aromatic carbocycles. The van der Waals surface area contributed by atoms with Gasteiger partial charge in [0.2, 0.25) is 5.91 Å². The van der Waals surface area contributed by atoms with Crippen molar-refractivity contribution in [3.8, 4) is 0 Å². The molecule has 6 nitrogen and oxygen atoms in total. The molecule has 0 bridgehead atoms. The lowest BCUT2D eigenvalue weighted by Gasteiger charge is -2.08. The van der Waals surface area contributed by atoms with Gasteiger partial charge in [0, 0.05) is 12.2 Å². The van der Waals surface area contributed by atoms with E-state index in [4.69, 9.17) is 5.73 Å². The largest absolute Gasteiger partial charge is 0.325 e. The van der Waals surface area contributed by atoms with Crippen molar-refractivity contribution in [3.05, 3.63) is 41.2 Å². The molecule has 0 atom stereocenters. The molecule has 100 valence electrons. The quantitative estimate of drug-likeness (QED) is 0.857. The first-order valence-corrected chi connectivity index (χ1v) is 6.04. The van der Waals surface area contributed by atoms with Crippen LogP contribution >= 0.6 is 0 Å². The van der Waals surface area contributed by atoms with Crippen LogP contribution in [-0.4, -0.2) is 20.9 Å². The molecule has 0 spiro atoms. The number of amides is 1. The van der Waals surface area contributed by atoms with Crippen LogP contribution in [0.1, 0.15) is 16.8 Å². The monoisotopic (exact) mass is 259 g/mol. The molecule has 6 heteroatoms. The molecule has 0 aliphatic carbocycles. The first-order chi connectivity index (χ1) is 9.10. The van der Waals surface area contributed by atoms with Crippen LogP contribution in [0.4, 0.5) is 5.69 Å². The van der Waals surface area contributed by atoms with Crippen molar-refractivity contribution in [2.45, 2.75) is 26.9 Å². The summed E-state index contributed by atoms with van der Waals surface area (Å²) in [6.07, 6.45) is 1.56. The minimum absolute atomic E-state index is 0.111. The molecule has 1 aromatic heterocycles. The first kappa shape index (κ1) is 13.2. The Bertz CT molecular complexity index is 590. The zero-order valence-electron chi connectivity index (χ0n) is 11.1. The summed E-state index contributed by atoms with van der Waals surface area (Å²) in [5.41, 5.74) is 9.37. The van der Waals surface area contributed by atoms with E-state index in [2.05, 4.69) is 15.6 Å². The molecule has 0 aliphatic heterocycles. The first-order valence-electron chi connectivity index (χ1n) is 6.04. The lowest BCUT2D eigenvalue weighted by atomic mass is 10.1. The number of hydrogen-bond acceptors (Lipinski definition) is 4. The number of nitrogens with zero attached hydrogens (tertiary/aromatic N) is 3. The van der Waals surface area contributed by atoms with Crippen molar-refractivity contribution in [2.75, 3.05) is 5.32 Å². The summed E-state index contributed by atoms with van der Waals surface area (Å²) in [6, 6.07) is 5.80. The summed E-state index contributed by atoms with van der Waals surface area (Å²) < 4.78 is 1.50. The van der Waals surface area contributed by atoms with E-state index < -0.39 is 0 Å². The number of nitrogens with two attached hydrogens (primary N) is 1. The SMILES string of the molecule is Cc1ccc(NC(=O)Cn2nncc2CN)cc1C. The van der Waals surface area contributed by atoms with Crippen LogP contribution in [0, 0.1) is 13.8 Å². The van der Waals surface area contributed by atoms with E-state index >= 15 is 0 Å². The second kappa shape index (κ2) is 5.62. The van der Waals surface area contributed by atoms with Crippen LogP contribution in [0.2, 0.25) is 0 Å². The van der Waals surface area contributed by atoms with E-state index in [0.29, 0.717) is 6.54 Å². The number of aryl methyl sites for hydroxylation is 2. The third-order valence-corrected chi connectivity index (χ3v) is 2.99. The number of hydrogen-bond donors (Lipinski definition) is 2. The van der Waals surface area contributed by atoms with Gasteiger partial charge in [-0.25, -0.2) is 4.68 Å². The van der Waals surface area contributed by atoms with Gasteiger partial charge in [0.25, 0.3) is 0 Å². The van der Waals surface area contributed by atoms with Gasteiger partial charge in [-0.3, -0.25) is 4.79 Å². The lowest BCUT2D eigenvalue weighted by Crippen LogP contribution is -2.21. The maximum Gasteiger partial charge on any atom is 0.246 e. The number of rotatable bonds is 4. The van der Waals surface area contributed by atoms with Gasteiger partial charge < -0.3 is 11.1 Å². The number of anilines is 1. The Morgan fingerprint density at radius 1 is 1.37 bits per heavy atom. The third-order valence-electron chi connectivity index (χ3n) is 2.99. The molecular formula is C13H17N5O. The average molecular weight is 259 g/mol. The summed E-state index contributed by atoms with van der Waals surface area (Å²) in [7, 11) is 0. The van der Waals surface area contributed by atoms with Gasteiger partial charge >= 0.3 is 0 Å². The molecule has 1 heterocycles. The molecule has 0 saturated carbocycles. The Labute approximate surface area is 111 Å². The summed E-state index contributed by atoms with van der Waals surface area (Å²) in [6.45, 7) is 4.46. The van der Waals surface area contributed by atoms with Gasteiger partial charge in [-0.05, 0) is 37.1 Å². The number of carbonyl (C=O) groups excluding carboxylic acids is 1. The van der Waals surface area contributed by atoms with Gasteiger partial charge in [-0.15, -0.1) is 5.10 Å². The zero-order valence-corrected chi connectivity index (χ0v) is 11.1.